The highest BCUT2D eigenvalue weighted by molar-refractivity contribution is 7.98. The number of nitrogens with zero attached hydrogens (tertiary/aromatic N) is 4. The van der Waals surface area contributed by atoms with Gasteiger partial charge in [0, 0.05) is 37.0 Å². The second-order valence-electron chi connectivity index (χ2n) is 5.12. The zero-order chi connectivity index (χ0) is 15.4. The average Bonchev–Trinajstić information content (AvgIpc) is 3.08. The molecule has 7 heteroatoms. The molecule has 3 rings (SSSR count). The Balaban J connectivity index is 1.63. The van der Waals surface area contributed by atoms with Crippen LogP contribution in [0.2, 0.25) is 0 Å². The van der Waals surface area contributed by atoms with Crippen LogP contribution in [0.4, 0.5) is 11.5 Å². The van der Waals surface area contributed by atoms with Crippen LogP contribution in [0.1, 0.15) is 18.4 Å². The van der Waals surface area contributed by atoms with Crippen LogP contribution >= 0.6 is 11.8 Å². The van der Waals surface area contributed by atoms with Crippen LogP contribution in [0.25, 0.3) is 0 Å². The maximum atomic E-state index is 10.6. The first-order chi connectivity index (χ1) is 10.7. The fraction of sp³-hybridized carbons (Fsp3) is 0.333. The predicted octanol–water partition coefficient (Wildman–Crippen LogP) is 3.28. The summed E-state index contributed by atoms with van der Waals surface area (Å²) >= 11 is 1.61. The average molecular weight is 316 g/mol. The van der Waals surface area contributed by atoms with E-state index in [-0.39, 0.29) is 10.6 Å². The molecule has 0 aliphatic carbocycles. The Morgan fingerprint density at radius 2 is 1.91 bits per heavy atom. The van der Waals surface area contributed by atoms with Gasteiger partial charge in [0.1, 0.15) is 17.2 Å². The summed E-state index contributed by atoms with van der Waals surface area (Å²) in [4.78, 5) is 21.1. The Bertz CT molecular complexity index is 657. The Morgan fingerprint density at radius 1 is 1.18 bits per heavy atom. The van der Waals surface area contributed by atoms with Crippen molar-refractivity contribution in [3.8, 4) is 0 Å². The largest absolute Gasteiger partial charge is 0.356 e. The van der Waals surface area contributed by atoms with Gasteiger partial charge >= 0.3 is 0 Å². The first-order valence-corrected chi connectivity index (χ1v) is 8.14. The third kappa shape index (κ3) is 3.54. The van der Waals surface area contributed by atoms with E-state index in [1.165, 1.54) is 25.0 Å². The van der Waals surface area contributed by atoms with Crippen LogP contribution in [0.3, 0.4) is 0 Å². The quantitative estimate of drug-likeness (QED) is 0.365. The van der Waals surface area contributed by atoms with Crippen LogP contribution in [0, 0.1) is 10.1 Å². The van der Waals surface area contributed by atoms with Gasteiger partial charge < -0.3 is 4.90 Å². The van der Waals surface area contributed by atoms with Gasteiger partial charge in [0.2, 0.25) is 0 Å². The van der Waals surface area contributed by atoms with Gasteiger partial charge in [0.05, 0.1) is 4.92 Å². The molecule has 22 heavy (non-hydrogen) atoms. The fourth-order valence-electron chi connectivity index (χ4n) is 2.40. The molecule has 2 aromatic rings. The maximum Gasteiger partial charge on any atom is 0.269 e. The number of hydrogen-bond donors (Lipinski definition) is 0. The third-order valence-electron chi connectivity index (χ3n) is 3.59. The Morgan fingerprint density at radius 3 is 2.59 bits per heavy atom. The van der Waals surface area contributed by atoms with Crippen molar-refractivity contribution in [1.82, 2.24) is 9.97 Å². The molecule has 0 bridgehead atoms. The molecule has 0 amide bonds. The second-order valence-corrected chi connectivity index (χ2v) is 6.12. The van der Waals surface area contributed by atoms with E-state index in [2.05, 4.69) is 14.9 Å². The predicted molar refractivity (Wildman–Crippen MR) is 86.1 cm³/mol. The van der Waals surface area contributed by atoms with E-state index >= 15 is 0 Å². The van der Waals surface area contributed by atoms with Crippen molar-refractivity contribution in [3.63, 3.8) is 0 Å². The summed E-state index contributed by atoms with van der Waals surface area (Å²) < 4.78 is 0. The monoisotopic (exact) mass is 316 g/mol. The Kier molecular flexibility index (Phi) is 4.53. The van der Waals surface area contributed by atoms with Crippen LogP contribution in [0.5, 0.6) is 0 Å². The van der Waals surface area contributed by atoms with Gasteiger partial charge in [-0.05, 0) is 18.4 Å². The molecule has 2 heterocycles. The Hall–Kier alpha value is -2.15. The minimum Gasteiger partial charge on any atom is -0.356 e. The molecule has 1 aromatic carbocycles. The number of benzene rings is 1. The normalized spacial score (nSPS) is 14.3. The topological polar surface area (TPSA) is 72.2 Å². The van der Waals surface area contributed by atoms with Crippen molar-refractivity contribution in [2.45, 2.75) is 23.6 Å². The van der Waals surface area contributed by atoms with Crippen LogP contribution in [-0.2, 0) is 5.75 Å². The van der Waals surface area contributed by atoms with E-state index in [4.69, 9.17) is 0 Å². The molecule has 6 nitrogen and oxygen atoms in total. The van der Waals surface area contributed by atoms with E-state index in [0.717, 1.165) is 35.2 Å². The maximum absolute atomic E-state index is 10.6. The third-order valence-corrected chi connectivity index (χ3v) is 4.59. The molecule has 0 unspecified atom stereocenters. The Labute approximate surface area is 132 Å². The summed E-state index contributed by atoms with van der Waals surface area (Å²) in [5.74, 6) is 1.72. The number of hydrogen-bond acceptors (Lipinski definition) is 6. The van der Waals surface area contributed by atoms with E-state index in [9.17, 15) is 10.1 Å². The van der Waals surface area contributed by atoms with Crippen molar-refractivity contribution < 1.29 is 4.92 Å². The molecule has 0 spiro atoms. The lowest BCUT2D eigenvalue weighted by atomic mass is 10.2. The highest BCUT2D eigenvalue weighted by Gasteiger charge is 2.14. The molecule has 0 radical (unpaired) electrons. The van der Waals surface area contributed by atoms with Gasteiger partial charge in [-0.15, -0.1) is 11.8 Å². The summed E-state index contributed by atoms with van der Waals surface area (Å²) in [5.41, 5.74) is 1.16. The lowest BCUT2D eigenvalue weighted by Gasteiger charge is -2.16. The van der Waals surface area contributed by atoms with Gasteiger partial charge in [-0.1, -0.05) is 12.1 Å². The lowest BCUT2D eigenvalue weighted by molar-refractivity contribution is -0.384. The van der Waals surface area contributed by atoms with Gasteiger partial charge in [0.25, 0.3) is 5.69 Å². The summed E-state index contributed by atoms with van der Waals surface area (Å²) in [6, 6.07) is 8.65. The first kappa shape index (κ1) is 14.8. The zero-order valence-corrected chi connectivity index (χ0v) is 12.8. The van der Waals surface area contributed by atoms with E-state index in [1.807, 2.05) is 6.07 Å². The number of anilines is 1. The minimum atomic E-state index is -0.385. The molecule has 0 N–H and O–H groups in total. The van der Waals surface area contributed by atoms with Crippen LogP contribution in [-0.4, -0.2) is 28.0 Å². The van der Waals surface area contributed by atoms with E-state index in [0.29, 0.717) is 0 Å². The molecule has 1 aromatic heterocycles. The number of non-ortho nitro benzene ring substituents is 1. The smallest absolute Gasteiger partial charge is 0.269 e. The first-order valence-electron chi connectivity index (χ1n) is 7.15. The van der Waals surface area contributed by atoms with Crippen molar-refractivity contribution >= 4 is 23.3 Å². The van der Waals surface area contributed by atoms with E-state index in [1.54, 1.807) is 30.2 Å². The van der Waals surface area contributed by atoms with Gasteiger partial charge in [-0.25, -0.2) is 9.97 Å². The minimum absolute atomic E-state index is 0.118. The molecule has 0 saturated carbocycles. The van der Waals surface area contributed by atoms with Crippen molar-refractivity contribution in [1.29, 1.82) is 0 Å². The molecule has 1 fully saturated rings. The molecular weight excluding hydrogens is 300 g/mol. The van der Waals surface area contributed by atoms with Gasteiger partial charge in [-0.3, -0.25) is 10.1 Å². The number of rotatable bonds is 5. The highest BCUT2D eigenvalue weighted by Crippen LogP contribution is 2.25. The molecular formula is C15H16N4O2S. The summed E-state index contributed by atoms with van der Waals surface area (Å²) in [7, 11) is 0. The van der Waals surface area contributed by atoms with Gasteiger partial charge in [0.15, 0.2) is 0 Å². The van der Waals surface area contributed by atoms with Crippen molar-refractivity contribution in [2.24, 2.45) is 0 Å². The molecule has 1 aliphatic heterocycles. The molecule has 1 saturated heterocycles. The van der Waals surface area contributed by atoms with E-state index < -0.39 is 0 Å². The number of nitro benzene ring substituents is 1. The molecule has 0 atom stereocenters. The molecule has 1 aliphatic rings. The van der Waals surface area contributed by atoms with Gasteiger partial charge in [-0.2, -0.15) is 0 Å². The van der Waals surface area contributed by atoms with Crippen LogP contribution < -0.4 is 4.90 Å². The lowest BCUT2D eigenvalue weighted by Crippen LogP contribution is -2.18. The second kappa shape index (κ2) is 6.74. The number of nitro groups is 1. The highest BCUT2D eigenvalue weighted by atomic mass is 32.2. The zero-order valence-electron chi connectivity index (χ0n) is 12.0. The summed E-state index contributed by atoms with van der Waals surface area (Å²) in [6.07, 6.45) is 4.04. The number of thioether (sulfide) groups is 1. The van der Waals surface area contributed by atoms with Crippen molar-refractivity contribution in [3.05, 3.63) is 52.3 Å². The standard InChI is InChI=1S/C15H16N4O2S/c20-19(21)13-5-3-12(4-6-13)10-22-15-9-14(16-11-17-15)18-7-1-2-8-18/h3-6,9,11H,1-2,7-8,10H2. The summed E-state index contributed by atoms with van der Waals surface area (Å²) in [5, 5.41) is 11.6. The summed E-state index contributed by atoms with van der Waals surface area (Å²) in [6.45, 7) is 2.12. The number of aromatic nitrogens is 2. The van der Waals surface area contributed by atoms with Crippen LogP contribution in [0.15, 0.2) is 41.7 Å². The fourth-order valence-corrected chi connectivity index (χ4v) is 3.22. The molecule has 114 valence electrons. The van der Waals surface area contributed by atoms with Crippen molar-refractivity contribution in [2.75, 3.05) is 18.0 Å². The SMILES string of the molecule is O=[N+]([O-])c1ccc(CSc2cc(N3CCCC3)ncn2)cc1.